The van der Waals surface area contributed by atoms with Crippen LogP contribution in [0.25, 0.3) is 0 Å². The fraction of sp³-hybridized carbons (Fsp3) is 0.545. The molecule has 0 aliphatic carbocycles. The highest BCUT2D eigenvalue weighted by atomic mass is 16.5. The van der Waals surface area contributed by atoms with Gasteiger partial charge in [-0.15, -0.1) is 0 Å². The summed E-state index contributed by atoms with van der Waals surface area (Å²) in [6.45, 7) is 3.58. The summed E-state index contributed by atoms with van der Waals surface area (Å²) in [5, 5.41) is 3.62. The molecule has 0 atom stereocenters. The van der Waals surface area contributed by atoms with Crippen LogP contribution in [0.4, 0.5) is 0 Å². The highest BCUT2D eigenvalue weighted by molar-refractivity contribution is 5.07. The second-order valence-corrected chi connectivity index (χ2v) is 3.46. The standard InChI is InChI=1S/C11H14N2O2/c1-2-7-13(6-1)8-3-4-9-14-11-5-10-15-12-11/h5,10H,1-2,6-9H2. The molecular formula is C11H14N2O2. The molecule has 1 aromatic heterocycles. The average Bonchev–Trinajstić information content (AvgIpc) is 2.88. The first kappa shape index (κ1) is 10.1. The molecule has 15 heavy (non-hydrogen) atoms. The Hall–Kier alpha value is -1.47. The van der Waals surface area contributed by atoms with Crippen LogP contribution in [0.1, 0.15) is 12.8 Å². The minimum atomic E-state index is 0.375. The molecule has 1 aliphatic heterocycles. The molecule has 0 amide bonds. The number of aromatic nitrogens is 1. The van der Waals surface area contributed by atoms with Crippen LogP contribution < -0.4 is 4.74 Å². The van der Waals surface area contributed by atoms with Crippen LogP contribution >= 0.6 is 0 Å². The van der Waals surface area contributed by atoms with Crippen molar-refractivity contribution in [1.82, 2.24) is 10.1 Å². The molecule has 4 heteroatoms. The Bertz CT molecular complexity index is 331. The van der Waals surface area contributed by atoms with E-state index in [0.29, 0.717) is 12.5 Å². The van der Waals surface area contributed by atoms with Crippen molar-refractivity contribution in [1.29, 1.82) is 0 Å². The molecular weight excluding hydrogens is 192 g/mol. The van der Waals surface area contributed by atoms with E-state index in [-0.39, 0.29) is 0 Å². The quantitative estimate of drug-likeness (QED) is 0.695. The van der Waals surface area contributed by atoms with Gasteiger partial charge in [0.15, 0.2) is 6.61 Å². The topological polar surface area (TPSA) is 38.5 Å². The first-order valence-electron chi connectivity index (χ1n) is 5.16. The number of hydrogen-bond donors (Lipinski definition) is 0. The Kier molecular flexibility index (Phi) is 3.64. The van der Waals surface area contributed by atoms with Gasteiger partial charge >= 0.3 is 0 Å². The zero-order chi connectivity index (χ0) is 10.3. The molecule has 2 rings (SSSR count). The van der Waals surface area contributed by atoms with Gasteiger partial charge in [-0.25, -0.2) is 0 Å². The van der Waals surface area contributed by atoms with Gasteiger partial charge in [-0.1, -0.05) is 11.8 Å². The Morgan fingerprint density at radius 1 is 1.40 bits per heavy atom. The fourth-order valence-electron chi connectivity index (χ4n) is 1.55. The monoisotopic (exact) mass is 206 g/mol. The summed E-state index contributed by atoms with van der Waals surface area (Å²) in [7, 11) is 0. The van der Waals surface area contributed by atoms with Crippen molar-refractivity contribution in [3.8, 4) is 17.7 Å². The molecule has 0 N–H and O–H groups in total. The molecule has 0 aromatic carbocycles. The summed E-state index contributed by atoms with van der Waals surface area (Å²) in [6.07, 6.45) is 4.08. The van der Waals surface area contributed by atoms with Crippen LogP contribution in [-0.2, 0) is 0 Å². The van der Waals surface area contributed by atoms with Gasteiger partial charge in [0.1, 0.15) is 6.26 Å². The molecule has 0 unspecified atom stereocenters. The van der Waals surface area contributed by atoms with Crippen LogP contribution in [0.5, 0.6) is 5.88 Å². The molecule has 0 saturated carbocycles. The highest BCUT2D eigenvalue weighted by Crippen LogP contribution is 2.05. The highest BCUT2D eigenvalue weighted by Gasteiger charge is 2.08. The Morgan fingerprint density at radius 2 is 2.27 bits per heavy atom. The molecule has 1 aliphatic rings. The van der Waals surface area contributed by atoms with Gasteiger partial charge in [0.05, 0.1) is 6.54 Å². The van der Waals surface area contributed by atoms with Gasteiger partial charge in [0.2, 0.25) is 0 Å². The second-order valence-electron chi connectivity index (χ2n) is 3.46. The van der Waals surface area contributed by atoms with Crippen LogP contribution in [0, 0.1) is 11.8 Å². The van der Waals surface area contributed by atoms with Gasteiger partial charge in [-0.2, -0.15) is 0 Å². The fourth-order valence-corrected chi connectivity index (χ4v) is 1.55. The zero-order valence-electron chi connectivity index (χ0n) is 8.61. The average molecular weight is 206 g/mol. The lowest BCUT2D eigenvalue weighted by Gasteiger charge is -2.08. The summed E-state index contributed by atoms with van der Waals surface area (Å²) < 4.78 is 9.84. The Morgan fingerprint density at radius 3 is 3.00 bits per heavy atom. The SMILES string of the molecule is C(#CCN1CCCC1)COc1ccon1. The summed E-state index contributed by atoms with van der Waals surface area (Å²) in [5.41, 5.74) is 0. The van der Waals surface area contributed by atoms with Crippen molar-refractivity contribution in [3.05, 3.63) is 12.3 Å². The maximum Gasteiger partial charge on any atom is 0.254 e. The van der Waals surface area contributed by atoms with E-state index in [9.17, 15) is 0 Å². The third kappa shape index (κ3) is 3.30. The van der Waals surface area contributed by atoms with E-state index in [4.69, 9.17) is 4.74 Å². The van der Waals surface area contributed by atoms with Crippen molar-refractivity contribution in [3.63, 3.8) is 0 Å². The predicted octanol–water partition coefficient (Wildman–Crippen LogP) is 1.15. The minimum Gasteiger partial charge on any atom is -0.462 e. The van der Waals surface area contributed by atoms with Crippen molar-refractivity contribution in [2.45, 2.75) is 12.8 Å². The molecule has 2 heterocycles. The number of hydrogen-bond acceptors (Lipinski definition) is 4. The summed E-state index contributed by atoms with van der Waals surface area (Å²) in [4.78, 5) is 2.35. The van der Waals surface area contributed by atoms with E-state index < -0.39 is 0 Å². The van der Waals surface area contributed by atoms with Crippen molar-refractivity contribution in [2.75, 3.05) is 26.2 Å². The number of likely N-dealkylation sites (tertiary alicyclic amines) is 1. The zero-order valence-corrected chi connectivity index (χ0v) is 8.61. The third-order valence-corrected chi connectivity index (χ3v) is 2.33. The summed E-state index contributed by atoms with van der Waals surface area (Å²) >= 11 is 0. The van der Waals surface area contributed by atoms with Crippen LogP contribution in [0.2, 0.25) is 0 Å². The molecule has 1 saturated heterocycles. The molecule has 1 aromatic rings. The van der Waals surface area contributed by atoms with Gasteiger partial charge < -0.3 is 9.26 Å². The molecule has 0 spiro atoms. The Balaban J connectivity index is 1.62. The molecule has 0 radical (unpaired) electrons. The smallest absolute Gasteiger partial charge is 0.254 e. The lowest BCUT2D eigenvalue weighted by atomic mass is 10.4. The largest absolute Gasteiger partial charge is 0.462 e. The van der Waals surface area contributed by atoms with Crippen molar-refractivity contribution < 1.29 is 9.26 Å². The van der Waals surface area contributed by atoms with Gasteiger partial charge in [-0.3, -0.25) is 4.90 Å². The molecule has 0 bridgehead atoms. The maximum atomic E-state index is 5.21. The van der Waals surface area contributed by atoms with Gasteiger partial charge in [0, 0.05) is 6.07 Å². The number of nitrogens with zero attached hydrogens (tertiary/aromatic N) is 2. The van der Waals surface area contributed by atoms with E-state index in [1.165, 1.54) is 32.2 Å². The van der Waals surface area contributed by atoms with Crippen LogP contribution in [-0.4, -0.2) is 36.3 Å². The molecule has 4 nitrogen and oxygen atoms in total. The van der Waals surface area contributed by atoms with E-state index >= 15 is 0 Å². The Labute approximate surface area is 89.2 Å². The lowest BCUT2D eigenvalue weighted by molar-refractivity contribution is 0.314. The number of ether oxygens (including phenoxy) is 1. The summed E-state index contributed by atoms with van der Waals surface area (Å²) in [6, 6.07) is 1.67. The van der Waals surface area contributed by atoms with Crippen molar-refractivity contribution >= 4 is 0 Å². The first-order chi connectivity index (χ1) is 7.45. The van der Waals surface area contributed by atoms with E-state index in [2.05, 4.69) is 26.4 Å². The second kappa shape index (κ2) is 5.42. The first-order valence-corrected chi connectivity index (χ1v) is 5.16. The molecule has 80 valence electrons. The van der Waals surface area contributed by atoms with Crippen molar-refractivity contribution in [2.24, 2.45) is 0 Å². The predicted molar refractivity (Wildman–Crippen MR) is 55.4 cm³/mol. The van der Waals surface area contributed by atoms with Crippen LogP contribution in [0.15, 0.2) is 16.9 Å². The minimum absolute atomic E-state index is 0.375. The van der Waals surface area contributed by atoms with Gasteiger partial charge in [-0.05, 0) is 31.1 Å². The van der Waals surface area contributed by atoms with Gasteiger partial charge in [0.25, 0.3) is 5.88 Å². The molecule has 1 fully saturated rings. The van der Waals surface area contributed by atoms with Crippen LogP contribution in [0.3, 0.4) is 0 Å². The van der Waals surface area contributed by atoms with E-state index in [0.717, 1.165) is 6.54 Å². The normalized spacial score (nSPS) is 16.0. The lowest BCUT2D eigenvalue weighted by Crippen LogP contribution is -2.19. The third-order valence-electron chi connectivity index (χ3n) is 2.33. The maximum absolute atomic E-state index is 5.21. The number of rotatable bonds is 3. The summed E-state index contributed by atoms with van der Waals surface area (Å²) in [5.74, 6) is 6.53. The van der Waals surface area contributed by atoms with E-state index in [1.54, 1.807) is 6.07 Å². The van der Waals surface area contributed by atoms with E-state index in [1.807, 2.05) is 0 Å².